The van der Waals surface area contributed by atoms with Crippen molar-refractivity contribution in [1.29, 1.82) is 0 Å². The minimum absolute atomic E-state index is 0.264. The van der Waals surface area contributed by atoms with Crippen molar-refractivity contribution in [3.8, 4) is 0 Å². The summed E-state index contributed by atoms with van der Waals surface area (Å²) >= 11 is 0. The molecule has 176 valence electrons. The van der Waals surface area contributed by atoms with Gasteiger partial charge in [0.1, 0.15) is 11.7 Å². The summed E-state index contributed by atoms with van der Waals surface area (Å²) in [5.74, 6) is 0.936. The van der Waals surface area contributed by atoms with Crippen molar-refractivity contribution >= 4 is 17.2 Å². The van der Waals surface area contributed by atoms with Gasteiger partial charge in [-0.3, -0.25) is 9.98 Å². The summed E-state index contributed by atoms with van der Waals surface area (Å²) in [4.78, 5) is 11.1. The first-order valence-electron chi connectivity index (χ1n) is 11.4. The van der Waals surface area contributed by atoms with Gasteiger partial charge in [0.25, 0.3) is 0 Å². The molecule has 0 radical (unpaired) electrons. The van der Waals surface area contributed by atoms with Gasteiger partial charge in [0.2, 0.25) is 0 Å². The van der Waals surface area contributed by atoms with Crippen molar-refractivity contribution < 1.29 is 4.39 Å². The normalized spacial score (nSPS) is 12.6. The molecular weight excluding hydrogens is 423 g/mol. The van der Waals surface area contributed by atoms with Crippen molar-refractivity contribution in [2.45, 2.75) is 33.1 Å². The maximum Gasteiger partial charge on any atom is 0.134 e. The molecular formula is C29H33FN4. The van der Waals surface area contributed by atoms with Crippen LogP contribution in [0.3, 0.4) is 0 Å². The van der Waals surface area contributed by atoms with Crippen LogP contribution < -0.4 is 5.32 Å². The van der Waals surface area contributed by atoms with Gasteiger partial charge in [-0.05, 0) is 68.1 Å². The first-order chi connectivity index (χ1) is 16.3. The summed E-state index contributed by atoms with van der Waals surface area (Å²) in [6.45, 7) is 10.4. The molecule has 2 aromatic carbocycles. The lowest BCUT2D eigenvalue weighted by atomic mass is 9.96. The van der Waals surface area contributed by atoms with Gasteiger partial charge in [-0.2, -0.15) is 0 Å². The van der Waals surface area contributed by atoms with E-state index in [1.54, 1.807) is 12.1 Å². The number of anilines is 1. The summed E-state index contributed by atoms with van der Waals surface area (Å²) in [5.41, 5.74) is 6.82. The van der Waals surface area contributed by atoms with Crippen LogP contribution in [0, 0.1) is 19.7 Å². The molecule has 1 unspecified atom stereocenters. The average molecular weight is 457 g/mol. The van der Waals surface area contributed by atoms with E-state index in [-0.39, 0.29) is 11.7 Å². The number of pyridine rings is 1. The third-order valence-electron chi connectivity index (χ3n) is 5.78. The number of amidine groups is 1. The van der Waals surface area contributed by atoms with Crippen molar-refractivity contribution in [2.24, 2.45) is 4.99 Å². The van der Waals surface area contributed by atoms with Crippen LogP contribution in [0.4, 0.5) is 10.1 Å². The second kappa shape index (κ2) is 11.4. The molecule has 3 aromatic rings. The molecule has 0 fully saturated rings. The smallest absolute Gasteiger partial charge is 0.134 e. The van der Waals surface area contributed by atoms with Gasteiger partial charge >= 0.3 is 0 Å². The largest absolute Gasteiger partial charge is 0.355 e. The van der Waals surface area contributed by atoms with E-state index < -0.39 is 0 Å². The molecule has 0 amide bonds. The van der Waals surface area contributed by atoms with Crippen LogP contribution in [0.1, 0.15) is 47.2 Å². The number of nitrogens with one attached hydrogen (secondary N) is 1. The van der Waals surface area contributed by atoms with Crippen molar-refractivity contribution in [1.82, 2.24) is 9.88 Å². The fourth-order valence-corrected chi connectivity index (χ4v) is 3.80. The van der Waals surface area contributed by atoms with Crippen LogP contribution in [0.5, 0.6) is 0 Å². The zero-order valence-corrected chi connectivity index (χ0v) is 20.6. The van der Waals surface area contributed by atoms with Crippen LogP contribution in [-0.4, -0.2) is 29.8 Å². The standard InChI is InChI=1S/C29H33FN4/c1-20-9-7-11-24(17-20)29(31-5)34(6)16-8-10-21(2)25-18-28(22(3)32-19-25)23(4)33-27-14-12-26(30)13-15-27/h7-9,11-19,21,33H,4,10H2,1-3,5-6H3/b16-8-,31-29?. The van der Waals surface area contributed by atoms with Gasteiger partial charge in [-0.15, -0.1) is 0 Å². The summed E-state index contributed by atoms with van der Waals surface area (Å²) in [6, 6.07) is 16.7. The Kier molecular flexibility index (Phi) is 8.36. The van der Waals surface area contributed by atoms with Crippen molar-refractivity contribution in [3.63, 3.8) is 0 Å². The lowest BCUT2D eigenvalue weighted by Crippen LogP contribution is -2.22. The fraction of sp³-hybridized carbons (Fsp3) is 0.241. The highest BCUT2D eigenvalue weighted by Crippen LogP contribution is 2.25. The van der Waals surface area contributed by atoms with Crippen LogP contribution >= 0.6 is 0 Å². The van der Waals surface area contributed by atoms with Crippen molar-refractivity contribution in [3.05, 3.63) is 113 Å². The third kappa shape index (κ3) is 6.41. The first-order valence-corrected chi connectivity index (χ1v) is 11.4. The van der Waals surface area contributed by atoms with Crippen LogP contribution in [-0.2, 0) is 0 Å². The minimum atomic E-state index is -0.264. The zero-order chi connectivity index (χ0) is 24.7. The number of hydrogen-bond donors (Lipinski definition) is 1. The van der Waals surface area contributed by atoms with E-state index in [4.69, 9.17) is 0 Å². The molecule has 5 heteroatoms. The maximum absolute atomic E-state index is 13.2. The molecule has 34 heavy (non-hydrogen) atoms. The van der Waals surface area contributed by atoms with Crippen LogP contribution in [0.25, 0.3) is 5.70 Å². The predicted molar refractivity (Wildman–Crippen MR) is 142 cm³/mol. The number of aliphatic imine (C=N–C) groups is 1. The molecule has 1 aromatic heterocycles. The second-order valence-electron chi connectivity index (χ2n) is 8.56. The molecule has 0 aliphatic heterocycles. The number of hydrogen-bond acceptors (Lipinski definition) is 3. The van der Waals surface area contributed by atoms with E-state index in [1.165, 1.54) is 17.7 Å². The summed E-state index contributed by atoms with van der Waals surface area (Å²) in [6.07, 6.45) is 7.02. The molecule has 0 aliphatic rings. The quantitative estimate of drug-likeness (QED) is 0.295. The van der Waals surface area contributed by atoms with Crippen LogP contribution in [0.15, 0.2) is 84.6 Å². The Balaban J connectivity index is 1.67. The highest BCUT2D eigenvalue weighted by molar-refractivity contribution is 5.99. The van der Waals surface area contributed by atoms with Gasteiger partial charge in [0.15, 0.2) is 0 Å². The number of rotatable bonds is 8. The van der Waals surface area contributed by atoms with Gasteiger partial charge in [0, 0.05) is 54.7 Å². The molecule has 0 spiro atoms. The van der Waals surface area contributed by atoms with Gasteiger partial charge in [-0.1, -0.05) is 43.3 Å². The Labute approximate surface area is 202 Å². The summed E-state index contributed by atoms with van der Waals surface area (Å²) < 4.78 is 13.2. The van der Waals surface area contributed by atoms with E-state index in [9.17, 15) is 4.39 Å². The number of nitrogens with zero attached hydrogens (tertiary/aromatic N) is 3. The molecule has 0 saturated heterocycles. The Morgan fingerprint density at radius 3 is 2.59 bits per heavy atom. The molecule has 1 N–H and O–H groups in total. The molecule has 0 bridgehead atoms. The van der Waals surface area contributed by atoms with Gasteiger partial charge in [0.05, 0.1) is 0 Å². The fourth-order valence-electron chi connectivity index (χ4n) is 3.80. The highest BCUT2D eigenvalue weighted by Gasteiger charge is 2.11. The van der Waals surface area contributed by atoms with E-state index in [1.807, 2.05) is 27.2 Å². The Bertz CT molecular complexity index is 1200. The zero-order valence-electron chi connectivity index (χ0n) is 20.6. The predicted octanol–water partition coefficient (Wildman–Crippen LogP) is 6.94. The van der Waals surface area contributed by atoms with E-state index in [0.717, 1.165) is 46.0 Å². The molecule has 4 nitrogen and oxygen atoms in total. The Hall–Kier alpha value is -3.73. The molecule has 1 atom stereocenters. The molecule has 3 rings (SSSR count). The monoisotopic (exact) mass is 456 g/mol. The highest BCUT2D eigenvalue weighted by atomic mass is 19.1. The van der Waals surface area contributed by atoms with E-state index in [0.29, 0.717) is 0 Å². The summed E-state index contributed by atoms with van der Waals surface area (Å²) in [5, 5.41) is 3.25. The summed E-state index contributed by atoms with van der Waals surface area (Å²) in [7, 11) is 3.83. The lowest BCUT2D eigenvalue weighted by molar-refractivity contribution is 0.628. The number of aromatic nitrogens is 1. The lowest BCUT2D eigenvalue weighted by Gasteiger charge is -2.18. The molecule has 1 heterocycles. The SMILES string of the molecule is C=C(Nc1ccc(F)cc1)c1cc(C(C)C/C=C\N(C)C(=NC)c2cccc(C)c2)cnc1C. The van der Waals surface area contributed by atoms with Crippen LogP contribution in [0.2, 0.25) is 0 Å². The number of halogens is 1. The topological polar surface area (TPSA) is 40.5 Å². The first kappa shape index (κ1) is 24.9. The van der Waals surface area contributed by atoms with Crippen molar-refractivity contribution in [2.75, 3.05) is 19.4 Å². The van der Waals surface area contributed by atoms with E-state index >= 15 is 0 Å². The Morgan fingerprint density at radius 2 is 1.91 bits per heavy atom. The molecule has 0 aliphatic carbocycles. The van der Waals surface area contributed by atoms with Gasteiger partial charge < -0.3 is 10.2 Å². The third-order valence-corrected chi connectivity index (χ3v) is 5.78. The second-order valence-corrected chi connectivity index (χ2v) is 8.56. The minimum Gasteiger partial charge on any atom is -0.355 e. The number of aryl methyl sites for hydroxylation is 2. The average Bonchev–Trinajstić information content (AvgIpc) is 2.81. The molecule has 0 saturated carbocycles. The maximum atomic E-state index is 13.2. The Morgan fingerprint density at radius 1 is 1.18 bits per heavy atom. The number of benzene rings is 2. The van der Waals surface area contributed by atoms with E-state index in [2.05, 4.69) is 83.2 Å². The number of allylic oxidation sites excluding steroid dienone is 1. The van der Waals surface area contributed by atoms with Gasteiger partial charge in [-0.25, -0.2) is 4.39 Å².